The number of nitrogen functional groups attached to an aromatic ring is 2. The molecule has 1 heterocycles. The zero-order valence-electron chi connectivity index (χ0n) is 8.64. The largest absolute Gasteiger partial charge is 0.496 e. The van der Waals surface area contributed by atoms with Crippen molar-refractivity contribution in [2.75, 3.05) is 18.7 Å². The number of aromatic nitrogens is 2. The number of nitrogens with two attached hydrogens (primary N) is 2. The summed E-state index contributed by atoms with van der Waals surface area (Å²) in [6, 6.07) is 5.26. The normalized spacial score (nSPS) is 10.4. The Balaban J connectivity index is 2.57. The van der Waals surface area contributed by atoms with Crippen LogP contribution in [0.25, 0.3) is 11.3 Å². The Kier molecular flexibility index (Phi) is 2.62. The number of halogens is 1. The van der Waals surface area contributed by atoms with E-state index in [4.69, 9.17) is 27.9 Å². The summed E-state index contributed by atoms with van der Waals surface area (Å²) in [6.45, 7) is 0. The second kappa shape index (κ2) is 3.94. The number of hydrogen-bond acceptors (Lipinski definition) is 4. The summed E-state index contributed by atoms with van der Waals surface area (Å²) in [5.41, 5.74) is 6.94. The molecule has 0 aliphatic rings. The average Bonchev–Trinajstić information content (AvgIpc) is 2.59. The molecule has 1 aromatic heterocycles. The first-order valence-electron chi connectivity index (χ1n) is 4.55. The highest BCUT2D eigenvalue weighted by molar-refractivity contribution is 6.30. The number of nitrogens with zero attached hydrogens (tertiary/aromatic N) is 2. The van der Waals surface area contributed by atoms with E-state index >= 15 is 0 Å². The van der Waals surface area contributed by atoms with Gasteiger partial charge in [0, 0.05) is 10.6 Å². The van der Waals surface area contributed by atoms with Gasteiger partial charge in [-0.3, -0.25) is 0 Å². The fourth-order valence-electron chi connectivity index (χ4n) is 1.42. The van der Waals surface area contributed by atoms with E-state index in [2.05, 4.69) is 4.98 Å². The van der Waals surface area contributed by atoms with Crippen LogP contribution in [-0.4, -0.2) is 16.8 Å². The molecule has 5 nitrogen and oxygen atoms in total. The molecule has 0 amide bonds. The van der Waals surface area contributed by atoms with Gasteiger partial charge in [0.1, 0.15) is 5.75 Å². The van der Waals surface area contributed by atoms with Crippen LogP contribution in [0.1, 0.15) is 0 Å². The van der Waals surface area contributed by atoms with Crippen LogP contribution < -0.4 is 16.3 Å². The zero-order valence-corrected chi connectivity index (χ0v) is 9.40. The Labute approximate surface area is 97.6 Å². The van der Waals surface area contributed by atoms with Crippen molar-refractivity contribution in [1.29, 1.82) is 0 Å². The lowest BCUT2D eigenvalue weighted by Gasteiger charge is -2.05. The molecule has 16 heavy (non-hydrogen) atoms. The number of benzene rings is 1. The number of anilines is 1. The minimum atomic E-state index is 0.233. The van der Waals surface area contributed by atoms with Crippen LogP contribution in [0.4, 0.5) is 5.95 Å². The van der Waals surface area contributed by atoms with Crippen LogP contribution >= 0.6 is 11.6 Å². The highest BCUT2D eigenvalue weighted by Crippen LogP contribution is 2.31. The van der Waals surface area contributed by atoms with E-state index < -0.39 is 0 Å². The minimum absolute atomic E-state index is 0.233. The van der Waals surface area contributed by atoms with Crippen molar-refractivity contribution in [1.82, 2.24) is 9.66 Å². The molecule has 0 aliphatic carbocycles. The lowest BCUT2D eigenvalue weighted by atomic mass is 10.1. The summed E-state index contributed by atoms with van der Waals surface area (Å²) in [6.07, 6.45) is 1.61. The van der Waals surface area contributed by atoms with Gasteiger partial charge in [-0.1, -0.05) is 11.6 Å². The third-order valence-electron chi connectivity index (χ3n) is 2.20. The molecule has 0 unspecified atom stereocenters. The number of ether oxygens (including phenoxy) is 1. The molecular formula is C10H11ClN4O. The second-order valence-corrected chi connectivity index (χ2v) is 3.67. The summed E-state index contributed by atoms with van der Waals surface area (Å²) in [5.74, 6) is 6.47. The van der Waals surface area contributed by atoms with Gasteiger partial charge in [0.15, 0.2) is 0 Å². The Morgan fingerprint density at radius 3 is 2.75 bits per heavy atom. The second-order valence-electron chi connectivity index (χ2n) is 3.24. The van der Waals surface area contributed by atoms with Crippen LogP contribution in [0.2, 0.25) is 5.02 Å². The van der Waals surface area contributed by atoms with Crippen molar-refractivity contribution in [2.24, 2.45) is 0 Å². The summed E-state index contributed by atoms with van der Waals surface area (Å²) in [7, 11) is 1.58. The fraction of sp³-hybridized carbons (Fsp3) is 0.100. The topological polar surface area (TPSA) is 79.1 Å². The molecule has 6 heteroatoms. The Morgan fingerprint density at radius 1 is 1.44 bits per heavy atom. The summed E-state index contributed by atoms with van der Waals surface area (Å²) in [4.78, 5) is 4.11. The van der Waals surface area contributed by atoms with Crippen LogP contribution in [0.15, 0.2) is 24.4 Å². The van der Waals surface area contributed by atoms with Crippen molar-refractivity contribution < 1.29 is 4.74 Å². The van der Waals surface area contributed by atoms with E-state index in [9.17, 15) is 0 Å². The van der Waals surface area contributed by atoms with Gasteiger partial charge in [0.2, 0.25) is 5.95 Å². The fourth-order valence-corrected chi connectivity index (χ4v) is 1.59. The molecule has 1 aromatic carbocycles. The number of imidazole rings is 1. The van der Waals surface area contributed by atoms with Gasteiger partial charge < -0.3 is 16.3 Å². The number of rotatable bonds is 2. The quantitative estimate of drug-likeness (QED) is 0.778. The molecule has 0 spiro atoms. The SMILES string of the molecule is COc1ccc(Cl)cc1-c1cn(N)c(N)n1. The first-order valence-corrected chi connectivity index (χ1v) is 4.93. The molecule has 0 saturated carbocycles. The molecular weight excluding hydrogens is 228 g/mol. The Bertz CT molecular complexity index is 504. The van der Waals surface area contributed by atoms with Crippen molar-refractivity contribution in [3.8, 4) is 17.0 Å². The molecule has 0 saturated heterocycles. The third-order valence-corrected chi connectivity index (χ3v) is 2.43. The molecule has 0 bridgehead atoms. The highest BCUT2D eigenvalue weighted by Gasteiger charge is 2.11. The molecule has 2 aromatic rings. The lowest BCUT2D eigenvalue weighted by molar-refractivity contribution is 0.416. The maximum Gasteiger partial charge on any atom is 0.219 e. The molecule has 2 rings (SSSR count). The van der Waals surface area contributed by atoms with Crippen molar-refractivity contribution in [3.63, 3.8) is 0 Å². The number of methoxy groups -OCH3 is 1. The first-order chi connectivity index (χ1) is 7.61. The predicted molar refractivity (Wildman–Crippen MR) is 63.8 cm³/mol. The Hall–Kier alpha value is -1.88. The predicted octanol–water partition coefficient (Wildman–Crippen LogP) is 1.51. The van der Waals surface area contributed by atoms with Gasteiger partial charge in [0.05, 0.1) is 19.0 Å². The van der Waals surface area contributed by atoms with Gasteiger partial charge in [-0.25, -0.2) is 9.66 Å². The van der Waals surface area contributed by atoms with E-state index in [-0.39, 0.29) is 5.95 Å². The highest BCUT2D eigenvalue weighted by atomic mass is 35.5. The Morgan fingerprint density at radius 2 is 2.19 bits per heavy atom. The maximum atomic E-state index is 5.92. The summed E-state index contributed by atoms with van der Waals surface area (Å²) in [5, 5.41) is 0.598. The smallest absolute Gasteiger partial charge is 0.219 e. The maximum absolute atomic E-state index is 5.92. The standard InChI is InChI=1S/C10H11ClN4O/c1-16-9-3-2-6(11)4-7(9)8-5-15(13)10(12)14-8/h2-5H,13H2,1H3,(H2,12,14). The van der Waals surface area contributed by atoms with Crippen LogP contribution in [0.3, 0.4) is 0 Å². The first kappa shape index (κ1) is 10.6. The van der Waals surface area contributed by atoms with Gasteiger partial charge in [0.25, 0.3) is 0 Å². The van der Waals surface area contributed by atoms with Crippen molar-refractivity contribution in [3.05, 3.63) is 29.4 Å². The van der Waals surface area contributed by atoms with Gasteiger partial charge >= 0.3 is 0 Å². The molecule has 0 fully saturated rings. The molecule has 0 aliphatic heterocycles. The molecule has 84 valence electrons. The third kappa shape index (κ3) is 1.77. The van der Waals surface area contributed by atoms with E-state index in [0.717, 1.165) is 5.56 Å². The summed E-state index contributed by atoms with van der Waals surface area (Å²) >= 11 is 5.92. The molecule has 0 atom stereocenters. The van der Waals surface area contributed by atoms with Gasteiger partial charge in [-0.15, -0.1) is 0 Å². The number of hydrogen-bond donors (Lipinski definition) is 2. The van der Waals surface area contributed by atoms with E-state index in [1.165, 1.54) is 4.68 Å². The van der Waals surface area contributed by atoms with Crippen LogP contribution in [0.5, 0.6) is 5.75 Å². The van der Waals surface area contributed by atoms with E-state index in [1.807, 2.05) is 0 Å². The molecule has 4 N–H and O–H groups in total. The van der Waals surface area contributed by atoms with Gasteiger partial charge in [-0.05, 0) is 18.2 Å². The van der Waals surface area contributed by atoms with Crippen LogP contribution in [-0.2, 0) is 0 Å². The van der Waals surface area contributed by atoms with E-state index in [1.54, 1.807) is 31.5 Å². The summed E-state index contributed by atoms with van der Waals surface area (Å²) < 4.78 is 6.46. The van der Waals surface area contributed by atoms with Crippen LogP contribution in [0, 0.1) is 0 Å². The van der Waals surface area contributed by atoms with E-state index in [0.29, 0.717) is 16.5 Å². The zero-order chi connectivity index (χ0) is 11.7. The monoisotopic (exact) mass is 238 g/mol. The minimum Gasteiger partial charge on any atom is -0.496 e. The molecule has 0 radical (unpaired) electrons. The van der Waals surface area contributed by atoms with Gasteiger partial charge in [-0.2, -0.15) is 0 Å². The average molecular weight is 239 g/mol. The van der Waals surface area contributed by atoms with Crippen molar-refractivity contribution >= 4 is 17.5 Å². The lowest BCUT2D eigenvalue weighted by Crippen LogP contribution is -2.09. The van der Waals surface area contributed by atoms with Crippen molar-refractivity contribution in [2.45, 2.75) is 0 Å².